The maximum Gasteiger partial charge on any atom is 0.148 e. The van der Waals surface area contributed by atoms with Gasteiger partial charge < -0.3 is 10.1 Å². The van der Waals surface area contributed by atoms with Crippen molar-refractivity contribution in [3.63, 3.8) is 0 Å². The Bertz CT molecular complexity index is 474. The van der Waals surface area contributed by atoms with Gasteiger partial charge >= 0.3 is 0 Å². The molecule has 0 saturated carbocycles. The average molecular weight is 322 g/mol. The molecule has 0 bridgehead atoms. The lowest BCUT2D eigenvalue weighted by Crippen LogP contribution is -2.22. The predicted molar refractivity (Wildman–Crippen MR) is 72.1 cm³/mol. The maximum atomic E-state index is 10.9. The van der Waals surface area contributed by atoms with Crippen LogP contribution in [0.25, 0.3) is 0 Å². The van der Waals surface area contributed by atoms with Crippen LogP contribution in [0.2, 0.25) is 0 Å². The number of halogens is 1. The van der Waals surface area contributed by atoms with Crippen molar-refractivity contribution in [1.29, 1.82) is 0 Å². The van der Waals surface area contributed by atoms with E-state index in [2.05, 4.69) is 21.2 Å². The number of hydrogen-bond acceptors (Lipinski definition) is 4. The van der Waals surface area contributed by atoms with E-state index in [1.54, 1.807) is 7.11 Å². The summed E-state index contributed by atoms with van der Waals surface area (Å²) in [5.41, 5.74) is 1.04. The number of ether oxygens (including phenoxy) is 1. The first-order valence-corrected chi connectivity index (χ1v) is 7.98. The van der Waals surface area contributed by atoms with Gasteiger partial charge in [0, 0.05) is 23.8 Å². The lowest BCUT2D eigenvalue weighted by atomic mass is 10.2. The summed E-state index contributed by atoms with van der Waals surface area (Å²) in [6.07, 6.45) is 1.23. The summed E-state index contributed by atoms with van der Waals surface area (Å²) in [7, 11) is -1.29. The molecule has 0 aromatic heterocycles. The topological polar surface area (TPSA) is 55.4 Å². The highest BCUT2D eigenvalue weighted by Gasteiger charge is 2.04. The lowest BCUT2D eigenvalue weighted by molar-refractivity contribution is 0.414. The molecule has 4 nitrogen and oxygen atoms in total. The van der Waals surface area contributed by atoms with E-state index in [0.717, 1.165) is 15.8 Å². The Labute approximate surface area is 110 Å². The van der Waals surface area contributed by atoms with Gasteiger partial charge in [-0.2, -0.15) is 0 Å². The molecule has 0 radical (unpaired) electrons. The third-order valence-electron chi connectivity index (χ3n) is 2.22. The minimum absolute atomic E-state index is 0.147. The number of rotatable bonds is 6. The van der Waals surface area contributed by atoms with Gasteiger partial charge in [0.1, 0.15) is 15.6 Å². The highest BCUT2D eigenvalue weighted by atomic mass is 79.9. The third kappa shape index (κ3) is 5.52. The fourth-order valence-corrected chi connectivity index (χ4v) is 2.20. The van der Waals surface area contributed by atoms with Gasteiger partial charge in [-0.3, -0.25) is 0 Å². The molecule has 0 aliphatic rings. The summed E-state index contributed by atoms with van der Waals surface area (Å²) in [6.45, 7) is 1.05. The van der Waals surface area contributed by atoms with Crippen LogP contribution < -0.4 is 10.1 Å². The van der Waals surface area contributed by atoms with E-state index in [9.17, 15) is 8.42 Å². The molecule has 1 rings (SSSR count). The SMILES string of the molecule is COc1ccc(Br)c(CNCCS(C)(=O)=O)c1. The fraction of sp³-hybridized carbons (Fsp3) is 0.455. The summed E-state index contributed by atoms with van der Waals surface area (Å²) in [6, 6.07) is 5.69. The van der Waals surface area contributed by atoms with Crippen LogP contribution in [0.4, 0.5) is 0 Å². The van der Waals surface area contributed by atoms with Crippen molar-refractivity contribution in [2.24, 2.45) is 0 Å². The molecule has 0 heterocycles. The number of sulfone groups is 1. The van der Waals surface area contributed by atoms with Crippen molar-refractivity contribution in [2.75, 3.05) is 25.7 Å². The smallest absolute Gasteiger partial charge is 0.148 e. The molecule has 96 valence electrons. The van der Waals surface area contributed by atoms with E-state index >= 15 is 0 Å². The van der Waals surface area contributed by atoms with E-state index < -0.39 is 9.84 Å². The van der Waals surface area contributed by atoms with Gasteiger partial charge in [0.25, 0.3) is 0 Å². The van der Waals surface area contributed by atoms with Gasteiger partial charge in [0.05, 0.1) is 12.9 Å². The molecule has 0 saturated heterocycles. The Morgan fingerprint density at radius 2 is 2.12 bits per heavy atom. The number of benzene rings is 1. The second-order valence-corrected chi connectivity index (χ2v) is 6.88. The van der Waals surface area contributed by atoms with Gasteiger partial charge in [-0.25, -0.2) is 8.42 Å². The minimum atomic E-state index is -2.90. The molecular weight excluding hydrogens is 306 g/mol. The minimum Gasteiger partial charge on any atom is -0.497 e. The molecule has 0 spiro atoms. The van der Waals surface area contributed by atoms with Gasteiger partial charge in [-0.05, 0) is 23.8 Å². The van der Waals surface area contributed by atoms with E-state index in [4.69, 9.17) is 4.74 Å². The maximum absolute atomic E-state index is 10.9. The normalized spacial score (nSPS) is 11.5. The first-order chi connectivity index (χ1) is 7.92. The molecule has 0 atom stereocenters. The van der Waals surface area contributed by atoms with Gasteiger partial charge in [-0.15, -0.1) is 0 Å². The zero-order chi connectivity index (χ0) is 12.9. The first kappa shape index (κ1) is 14.5. The molecule has 6 heteroatoms. The van der Waals surface area contributed by atoms with E-state index in [0.29, 0.717) is 13.1 Å². The lowest BCUT2D eigenvalue weighted by Gasteiger charge is -2.08. The van der Waals surface area contributed by atoms with Gasteiger partial charge in [0.15, 0.2) is 0 Å². The Morgan fingerprint density at radius 3 is 2.71 bits per heavy atom. The van der Waals surface area contributed by atoms with Crippen molar-refractivity contribution >= 4 is 25.8 Å². The largest absolute Gasteiger partial charge is 0.497 e. The van der Waals surface area contributed by atoms with Crippen molar-refractivity contribution < 1.29 is 13.2 Å². The Hall–Kier alpha value is -0.590. The molecule has 0 fully saturated rings. The quantitative estimate of drug-likeness (QED) is 0.808. The van der Waals surface area contributed by atoms with Crippen molar-refractivity contribution in [2.45, 2.75) is 6.54 Å². The predicted octanol–water partition coefficient (Wildman–Crippen LogP) is 1.59. The van der Waals surface area contributed by atoms with Crippen LogP contribution in [-0.2, 0) is 16.4 Å². The highest BCUT2D eigenvalue weighted by Crippen LogP contribution is 2.22. The standard InChI is InChI=1S/C11H16BrNO3S/c1-16-10-3-4-11(12)9(7-10)8-13-5-6-17(2,14)15/h3-4,7,13H,5-6,8H2,1-2H3. The van der Waals surface area contributed by atoms with Gasteiger partial charge in [0.2, 0.25) is 0 Å². The molecule has 1 aromatic carbocycles. The Balaban J connectivity index is 2.51. The van der Waals surface area contributed by atoms with Crippen molar-refractivity contribution in [1.82, 2.24) is 5.32 Å². The molecule has 1 aromatic rings. The molecule has 0 aliphatic heterocycles. The Morgan fingerprint density at radius 1 is 1.41 bits per heavy atom. The Kier molecular flexibility index (Phi) is 5.42. The summed E-state index contributed by atoms with van der Waals surface area (Å²) >= 11 is 3.44. The van der Waals surface area contributed by atoms with E-state index in [1.165, 1.54) is 6.26 Å². The summed E-state index contributed by atoms with van der Waals surface area (Å²) < 4.78 is 28.0. The van der Waals surface area contributed by atoms with E-state index in [-0.39, 0.29) is 5.75 Å². The number of hydrogen-bond donors (Lipinski definition) is 1. The van der Waals surface area contributed by atoms with Crippen molar-refractivity contribution in [3.05, 3.63) is 28.2 Å². The highest BCUT2D eigenvalue weighted by molar-refractivity contribution is 9.10. The number of nitrogens with one attached hydrogen (secondary N) is 1. The van der Waals surface area contributed by atoms with Crippen LogP contribution >= 0.6 is 15.9 Å². The molecule has 0 aliphatic carbocycles. The molecule has 17 heavy (non-hydrogen) atoms. The third-order valence-corrected chi connectivity index (χ3v) is 3.94. The molecule has 0 amide bonds. The average Bonchev–Trinajstić information content (AvgIpc) is 2.25. The number of methoxy groups -OCH3 is 1. The van der Waals surface area contributed by atoms with Crippen LogP contribution in [0, 0.1) is 0 Å². The zero-order valence-electron chi connectivity index (χ0n) is 9.86. The summed E-state index contributed by atoms with van der Waals surface area (Å²) in [5.74, 6) is 0.933. The van der Waals surface area contributed by atoms with Crippen LogP contribution in [0.5, 0.6) is 5.75 Å². The first-order valence-electron chi connectivity index (χ1n) is 5.13. The zero-order valence-corrected chi connectivity index (χ0v) is 12.3. The fourth-order valence-electron chi connectivity index (χ4n) is 1.29. The molecule has 1 N–H and O–H groups in total. The monoisotopic (exact) mass is 321 g/mol. The van der Waals surface area contributed by atoms with Gasteiger partial charge in [-0.1, -0.05) is 15.9 Å². The summed E-state index contributed by atoms with van der Waals surface area (Å²) in [5, 5.41) is 3.09. The van der Waals surface area contributed by atoms with Crippen LogP contribution in [0.3, 0.4) is 0 Å². The summed E-state index contributed by atoms with van der Waals surface area (Å²) in [4.78, 5) is 0. The second-order valence-electron chi connectivity index (χ2n) is 3.76. The van der Waals surface area contributed by atoms with Crippen LogP contribution in [0.15, 0.2) is 22.7 Å². The van der Waals surface area contributed by atoms with Crippen LogP contribution in [-0.4, -0.2) is 34.1 Å². The molecule has 0 unspecified atom stereocenters. The molecular formula is C11H16BrNO3S. The second kappa shape index (κ2) is 6.37. The van der Waals surface area contributed by atoms with E-state index in [1.807, 2.05) is 18.2 Å². The van der Waals surface area contributed by atoms with Crippen LogP contribution in [0.1, 0.15) is 5.56 Å². The van der Waals surface area contributed by atoms with Crippen molar-refractivity contribution in [3.8, 4) is 5.75 Å².